The Hall–Kier alpha value is -2.93. The summed E-state index contributed by atoms with van der Waals surface area (Å²) in [5.41, 5.74) is 0.450. The van der Waals surface area contributed by atoms with Crippen molar-refractivity contribution in [3.8, 4) is 0 Å². The summed E-state index contributed by atoms with van der Waals surface area (Å²) < 4.78 is 1.69. The van der Waals surface area contributed by atoms with Gasteiger partial charge in [-0.1, -0.05) is 0 Å². The third-order valence-electron chi connectivity index (χ3n) is 5.85. The molecule has 158 valence electrons. The van der Waals surface area contributed by atoms with E-state index in [0.29, 0.717) is 41.8 Å². The van der Waals surface area contributed by atoms with Crippen molar-refractivity contribution < 1.29 is 5.11 Å². The Morgan fingerprint density at radius 2 is 2.13 bits per heavy atom. The van der Waals surface area contributed by atoms with Crippen molar-refractivity contribution in [2.75, 3.05) is 17.2 Å². The van der Waals surface area contributed by atoms with Gasteiger partial charge in [-0.05, 0) is 81.2 Å². The maximum Gasteiger partial charge on any atom is 0.262 e. The lowest BCUT2D eigenvalue weighted by Gasteiger charge is -2.18. The van der Waals surface area contributed by atoms with Crippen molar-refractivity contribution in [1.29, 1.82) is 0 Å². The normalized spacial score (nSPS) is 21.1. The number of pyridine rings is 3. The predicted molar refractivity (Wildman–Crippen MR) is 120 cm³/mol. The molecule has 0 amide bonds. The summed E-state index contributed by atoms with van der Waals surface area (Å²) in [6.07, 6.45) is 6.09. The second kappa shape index (κ2) is 8.07. The maximum absolute atomic E-state index is 13.0. The van der Waals surface area contributed by atoms with Gasteiger partial charge < -0.3 is 20.3 Å². The number of aliphatic hydroxyl groups is 1. The lowest BCUT2D eigenvalue weighted by atomic mass is 10.0. The fourth-order valence-corrected chi connectivity index (χ4v) is 4.24. The summed E-state index contributed by atoms with van der Waals surface area (Å²) in [4.78, 5) is 22.1. The summed E-state index contributed by atoms with van der Waals surface area (Å²) in [7, 11) is 0. The molecule has 3 aromatic heterocycles. The van der Waals surface area contributed by atoms with Gasteiger partial charge in [0, 0.05) is 25.5 Å². The monoisotopic (exact) mass is 407 g/mol. The lowest BCUT2D eigenvalue weighted by molar-refractivity contribution is 0.0641. The highest BCUT2D eigenvalue weighted by Crippen LogP contribution is 2.34. The highest BCUT2D eigenvalue weighted by Gasteiger charge is 2.32. The number of nitrogens with zero attached hydrogens (tertiary/aromatic N) is 3. The van der Waals surface area contributed by atoms with Gasteiger partial charge in [0.1, 0.15) is 17.5 Å². The molecule has 1 aliphatic carbocycles. The molecule has 2 atom stereocenters. The summed E-state index contributed by atoms with van der Waals surface area (Å²) in [5, 5.41) is 18.3. The molecule has 1 saturated carbocycles. The van der Waals surface area contributed by atoms with Crippen LogP contribution in [0.4, 0.5) is 17.5 Å². The average molecular weight is 408 g/mol. The van der Waals surface area contributed by atoms with Gasteiger partial charge >= 0.3 is 0 Å². The molecule has 3 aromatic rings. The van der Waals surface area contributed by atoms with E-state index in [1.54, 1.807) is 10.8 Å². The van der Waals surface area contributed by atoms with E-state index in [-0.39, 0.29) is 5.56 Å². The summed E-state index contributed by atoms with van der Waals surface area (Å²) in [5.74, 6) is 2.27. The van der Waals surface area contributed by atoms with E-state index in [9.17, 15) is 9.90 Å². The third-order valence-corrected chi connectivity index (χ3v) is 5.85. The lowest BCUT2D eigenvalue weighted by Crippen LogP contribution is -2.23. The Morgan fingerprint density at radius 3 is 2.83 bits per heavy atom. The fourth-order valence-electron chi connectivity index (χ4n) is 4.24. The molecule has 0 bridgehead atoms. The summed E-state index contributed by atoms with van der Waals surface area (Å²) in [6.45, 7) is 7.13. The standard InChI is InChI=1S/C23H29N5O2/c1-4-28-10-7-17-12-19(26-18-11-15(2)6-9-24-18)27-21(20(17)22(28)29)25-14-16-5-8-23(3,30)13-16/h6-7,9-12,16,30H,4-5,8,13-14H2,1-3H3,(H2,24,25,26,27). The second-order valence-electron chi connectivity index (χ2n) is 8.56. The minimum atomic E-state index is -0.600. The second-order valence-corrected chi connectivity index (χ2v) is 8.56. The molecule has 0 aromatic carbocycles. The van der Waals surface area contributed by atoms with Gasteiger partial charge in [-0.25, -0.2) is 9.97 Å². The Bertz CT molecular complexity index is 1120. The summed E-state index contributed by atoms with van der Waals surface area (Å²) >= 11 is 0. The van der Waals surface area contributed by atoms with E-state index >= 15 is 0 Å². The minimum Gasteiger partial charge on any atom is -0.390 e. The van der Waals surface area contributed by atoms with Gasteiger partial charge in [0.05, 0.1) is 11.0 Å². The Balaban J connectivity index is 1.69. The van der Waals surface area contributed by atoms with Crippen LogP contribution in [0, 0.1) is 12.8 Å². The molecule has 0 spiro atoms. The molecule has 0 radical (unpaired) electrons. The molecule has 1 fully saturated rings. The van der Waals surface area contributed by atoms with Crippen molar-refractivity contribution in [2.45, 2.75) is 52.2 Å². The van der Waals surface area contributed by atoms with Crippen LogP contribution in [0.15, 0.2) is 41.5 Å². The molecule has 4 rings (SSSR count). The summed E-state index contributed by atoms with van der Waals surface area (Å²) in [6, 6.07) is 7.72. The number of hydrogen-bond acceptors (Lipinski definition) is 6. The van der Waals surface area contributed by atoms with Crippen LogP contribution in [0.3, 0.4) is 0 Å². The highest BCUT2D eigenvalue weighted by molar-refractivity contribution is 5.93. The van der Waals surface area contributed by atoms with Crippen LogP contribution in [-0.2, 0) is 6.54 Å². The van der Waals surface area contributed by atoms with E-state index in [1.807, 2.05) is 51.2 Å². The van der Waals surface area contributed by atoms with Crippen LogP contribution in [0.5, 0.6) is 0 Å². The Kier molecular flexibility index (Phi) is 5.47. The molecule has 0 saturated heterocycles. The third kappa shape index (κ3) is 4.31. The van der Waals surface area contributed by atoms with Crippen molar-refractivity contribution in [3.63, 3.8) is 0 Å². The van der Waals surface area contributed by atoms with Gasteiger partial charge in [0.25, 0.3) is 5.56 Å². The molecule has 2 unspecified atom stereocenters. The zero-order chi connectivity index (χ0) is 21.3. The minimum absolute atomic E-state index is 0.0522. The predicted octanol–water partition coefficient (Wildman–Crippen LogP) is 3.83. The van der Waals surface area contributed by atoms with Gasteiger partial charge in [-0.15, -0.1) is 0 Å². The fraction of sp³-hybridized carbons (Fsp3) is 0.435. The molecule has 7 nitrogen and oxygen atoms in total. The first-order valence-corrected chi connectivity index (χ1v) is 10.5. The van der Waals surface area contributed by atoms with Crippen molar-refractivity contribution >= 4 is 28.2 Å². The maximum atomic E-state index is 13.0. The first kappa shape index (κ1) is 20.3. The first-order chi connectivity index (χ1) is 14.3. The smallest absolute Gasteiger partial charge is 0.262 e. The van der Waals surface area contributed by atoms with Gasteiger partial charge in [-0.3, -0.25) is 4.79 Å². The van der Waals surface area contributed by atoms with E-state index in [0.717, 1.165) is 30.2 Å². The van der Waals surface area contributed by atoms with E-state index in [4.69, 9.17) is 4.98 Å². The van der Waals surface area contributed by atoms with Crippen LogP contribution in [0.1, 0.15) is 38.7 Å². The zero-order valence-electron chi connectivity index (χ0n) is 17.8. The van der Waals surface area contributed by atoms with Crippen molar-refractivity contribution in [1.82, 2.24) is 14.5 Å². The molecule has 0 aliphatic heterocycles. The van der Waals surface area contributed by atoms with Gasteiger partial charge in [0.15, 0.2) is 0 Å². The number of nitrogens with one attached hydrogen (secondary N) is 2. The van der Waals surface area contributed by atoms with Crippen LogP contribution in [0.25, 0.3) is 10.8 Å². The molecule has 30 heavy (non-hydrogen) atoms. The number of rotatable bonds is 6. The van der Waals surface area contributed by atoms with E-state index in [2.05, 4.69) is 15.6 Å². The number of aryl methyl sites for hydroxylation is 2. The highest BCUT2D eigenvalue weighted by atomic mass is 16.3. The zero-order valence-corrected chi connectivity index (χ0v) is 17.8. The molecule has 3 heterocycles. The quantitative estimate of drug-likeness (QED) is 0.575. The molecular weight excluding hydrogens is 378 g/mol. The van der Waals surface area contributed by atoms with E-state index in [1.165, 1.54) is 0 Å². The Morgan fingerprint density at radius 1 is 1.30 bits per heavy atom. The first-order valence-electron chi connectivity index (χ1n) is 10.5. The van der Waals surface area contributed by atoms with Crippen LogP contribution in [0.2, 0.25) is 0 Å². The van der Waals surface area contributed by atoms with Crippen LogP contribution < -0.4 is 16.2 Å². The number of hydrogen-bond donors (Lipinski definition) is 3. The SMILES string of the molecule is CCn1ccc2cc(Nc3cc(C)ccn3)nc(NCC3CCC(C)(O)C3)c2c1=O. The average Bonchev–Trinajstić information content (AvgIpc) is 3.05. The van der Waals surface area contributed by atoms with Crippen LogP contribution in [-0.4, -0.2) is 31.8 Å². The number of fused-ring (bicyclic) bond motifs is 1. The molecular formula is C23H29N5O2. The Labute approximate surface area is 176 Å². The van der Waals surface area contributed by atoms with Gasteiger partial charge in [0.2, 0.25) is 0 Å². The molecule has 3 N–H and O–H groups in total. The largest absolute Gasteiger partial charge is 0.390 e. The van der Waals surface area contributed by atoms with Crippen LogP contribution >= 0.6 is 0 Å². The molecule has 1 aliphatic rings. The van der Waals surface area contributed by atoms with Crippen molar-refractivity contribution in [3.05, 3.63) is 52.6 Å². The van der Waals surface area contributed by atoms with E-state index < -0.39 is 5.60 Å². The van der Waals surface area contributed by atoms with Crippen molar-refractivity contribution in [2.24, 2.45) is 5.92 Å². The number of anilines is 3. The van der Waals surface area contributed by atoms with Gasteiger partial charge in [-0.2, -0.15) is 0 Å². The molecule has 7 heteroatoms. The topological polar surface area (TPSA) is 92.1 Å². The number of aromatic nitrogens is 3.